The number of hydrogen-bond acceptors (Lipinski definition) is 2. The highest BCUT2D eigenvalue weighted by molar-refractivity contribution is 5.73. The molecule has 3 N–H and O–H groups in total. The Morgan fingerprint density at radius 1 is 1.50 bits per heavy atom. The highest BCUT2D eigenvalue weighted by Gasteiger charge is 2.02. The van der Waals surface area contributed by atoms with Crippen LogP contribution in [0, 0.1) is 0 Å². The van der Waals surface area contributed by atoms with Gasteiger partial charge in [-0.1, -0.05) is 0 Å². The lowest BCUT2D eigenvalue weighted by Crippen LogP contribution is -2.37. The van der Waals surface area contributed by atoms with Gasteiger partial charge in [-0.05, 0) is 26.3 Å². The second kappa shape index (κ2) is 6.91. The van der Waals surface area contributed by atoms with Crippen molar-refractivity contribution in [2.75, 3.05) is 26.7 Å². The van der Waals surface area contributed by atoms with Crippen LogP contribution in [0.1, 0.15) is 19.8 Å². The van der Waals surface area contributed by atoms with Crippen LogP contribution in [0.3, 0.4) is 0 Å². The molecule has 0 aromatic heterocycles. The molecule has 2 amide bonds. The number of nitrogens with two attached hydrogens (primary N) is 1. The summed E-state index contributed by atoms with van der Waals surface area (Å²) in [5.74, 6) is 0. The van der Waals surface area contributed by atoms with Crippen LogP contribution in [0.2, 0.25) is 0 Å². The van der Waals surface area contributed by atoms with Crippen LogP contribution in [0.4, 0.5) is 4.79 Å². The molecule has 0 rings (SSSR count). The Morgan fingerprint density at radius 3 is 2.67 bits per heavy atom. The molecule has 0 aliphatic heterocycles. The summed E-state index contributed by atoms with van der Waals surface area (Å²) in [7, 11) is 1.78. The summed E-state index contributed by atoms with van der Waals surface area (Å²) in [5.41, 5.74) is 5.31. The summed E-state index contributed by atoms with van der Waals surface area (Å²) in [6.07, 6.45) is 1.93. The molecule has 0 heterocycles. The molecule has 0 aliphatic carbocycles. The number of hydrogen-bond donors (Lipinski definition) is 2. The van der Waals surface area contributed by atoms with E-state index in [2.05, 4.69) is 5.32 Å². The maximum atomic E-state index is 11.1. The quantitative estimate of drug-likeness (QED) is 0.591. The predicted molar refractivity (Wildman–Crippen MR) is 50.0 cm³/mol. The van der Waals surface area contributed by atoms with E-state index < -0.39 is 0 Å². The Kier molecular flexibility index (Phi) is 6.47. The molecule has 0 aliphatic rings. The van der Waals surface area contributed by atoms with Gasteiger partial charge >= 0.3 is 6.03 Å². The fourth-order valence-corrected chi connectivity index (χ4v) is 0.743. The van der Waals surface area contributed by atoms with Crippen LogP contribution in [0.5, 0.6) is 0 Å². The summed E-state index contributed by atoms with van der Waals surface area (Å²) in [6.45, 7) is 4.10. The summed E-state index contributed by atoms with van der Waals surface area (Å²) in [5, 5.41) is 2.80. The van der Waals surface area contributed by atoms with Crippen LogP contribution in [0.25, 0.3) is 0 Å². The third-order valence-electron chi connectivity index (χ3n) is 1.73. The van der Waals surface area contributed by atoms with Crippen LogP contribution in [-0.4, -0.2) is 37.6 Å². The largest absolute Gasteiger partial charge is 0.338 e. The highest BCUT2D eigenvalue weighted by atomic mass is 16.2. The van der Waals surface area contributed by atoms with Crippen LogP contribution < -0.4 is 11.1 Å². The lowest BCUT2D eigenvalue weighted by molar-refractivity contribution is 0.211. The van der Waals surface area contributed by atoms with E-state index in [4.69, 9.17) is 5.73 Å². The number of amides is 2. The second-order valence-corrected chi connectivity index (χ2v) is 2.74. The van der Waals surface area contributed by atoms with Crippen molar-refractivity contribution < 1.29 is 4.79 Å². The standard InChI is InChI=1S/C8H19N3O/c1-3-11(2)8(12)10-7-5-4-6-9/h3-7,9H2,1-2H3,(H,10,12). The van der Waals surface area contributed by atoms with Crippen molar-refractivity contribution in [1.29, 1.82) is 0 Å². The average molecular weight is 173 g/mol. The minimum atomic E-state index is -0.00507. The van der Waals surface area contributed by atoms with Gasteiger partial charge in [-0.25, -0.2) is 4.79 Å². The molecule has 72 valence electrons. The minimum Gasteiger partial charge on any atom is -0.338 e. The third kappa shape index (κ3) is 4.96. The van der Waals surface area contributed by atoms with E-state index in [0.717, 1.165) is 25.9 Å². The van der Waals surface area contributed by atoms with Crippen molar-refractivity contribution in [2.45, 2.75) is 19.8 Å². The molecule has 0 saturated carbocycles. The van der Waals surface area contributed by atoms with E-state index in [1.807, 2.05) is 6.92 Å². The van der Waals surface area contributed by atoms with Crippen molar-refractivity contribution in [3.05, 3.63) is 0 Å². The average Bonchev–Trinajstić information content (AvgIpc) is 2.10. The molecule has 4 heteroatoms. The van der Waals surface area contributed by atoms with E-state index in [9.17, 15) is 4.79 Å². The Labute approximate surface area is 74.1 Å². The lowest BCUT2D eigenvalue weighted by Gasteiger charge is -2.15. The van der Waals surface area contributed by atoms with Gasteiger partial charge in [0.25, 0.3) is 0 Å². The molecule has 0 bridgehead atoms. The molecule has 12 heavy (non-hydrogen) atoms. The van der Waals surface area contributed by atoms with E-state index in [1.54, 1.807) is 11.9 Å². The smallest absolute Gasteiger partial charge is 0.317 e. The fraction of sp³-hybridized carbons (Fsp3) is 0.875. The molecule has 0 aromatic rings. The van der Waals surface area contributed by atoms with Gasteiger partial charge in [0, 0.05) is 20.1 Å². The molecule has 0 fully saturated rings. The molecule has 0 spiro atoms. The van der Waals surface area contributed by atoms with Crippen LogP contribution >= 0.6 is 0 Å². The minimum absolute atomic E-state index is 0.00507. The zero-order valence-corrected chi connectivity index (χ0v) is 7.97. The number of nitrogens with zero attached hydrogens (tertiary/aromatic N) is 1. The Morgan fingerprint density at radius 2 is 2.17 bits per heavy atom. The normalized spacial score (nSPS) is 9.58. The number of carbonyl (C=O) groups is 1. The molecule has 0 radical (unpaired) electrons. The molecular weight excluding hydrogens is 154 g/mol. The zero-order valence-electron chi connectivity index (χ0n) is 7.97. The number of rotatable bonds is 5. The summed E-state index contributed by atoms with van der Waals surface area (Å²) >= 11 is 0. The second-order valence-electron chi connectivity index (χ2n) is 2.74. The van der Waals surface area contributed by atoms with E-state index in [0.29, 0.717) is 6.54 Å². The van der Waals surface area contributed by atoms with E-state index in [-0.39, 0.29) is 6.03 Å². The topological polar surface area (TPSA) is 58.4 Å². The van der Waals surface area contributed by atoms with Gasteiger partial charge in [-0.15, -0.1) is 0 Å². The first-order valence-electron chi connectivity index (χ1n) is 4.41. The van der Waals surface area contributed by atoms with Crippen LogP contribution in [0.15, 0.2) is 0 Å². The number of nitrogens with one attached hydrogen (secondary N) is 1. The molecule has 0 atom stereocenters. The summed E-state index contributed by atoms with van der Waals surface area (Å²) in [6, 6.07) is -0.00507. The third-order valence-corrected chi connectivity index (χ3v) is 1.73. The first kappa shape index (κ1) is 11.2. The lowest BCUT2D eigenvalue weighted by atomic mass is 10.3. The first-order chi connectivity index (χ1) is 5.72. The van der Waals surface area contributed by atoms with Crippen LogP contribution in [-0.2, 0) is 0 Å². The first-order valence-corrected chi connectivity index (χ1v) is 4.41. The molecule has 0 unspecified atom stereocenters. The van der Waals surface area contributed by atoms with E-state index in [1.165, 1.54) is 0 Å². The van der Waals surface area contributed by atoms with Gasteiger partial charge < -0.3 is 16.0 Å². The van der Waals surface area contributed by atoms with Crippen molar-refractivity contribution in [2.24, 2.45) is 5.73 Å². The van der Waals surface area contributed by atoms with Gasteiger partial charge in [0.15, 0.2) is 0 Å². The molecule has 0 saturated heterocycles. The Bertz CT molecular complexity index is 127. The summed E-state index contributed by atoms with van der Waals surface area (Å²) in [4.78, 5) is 12.8. The van der Waals surface area contributed by atoms with Gasteiger partial charge in [-0.2, -0.15) is 0 Å². The Hall–Kier alpha value is -0.770. The molecule has 0 aromatic carbocycles. The van der Waals surface area contributed by atoms with Crippen molar-refractivity contribution in [3.63, 3.8) is 0 Å². The number of unbranched alkanes of at least 4 members (excludes halogenated alkanes) is 1. The van der Waals surface area contributed by atoms with Gasteiger partial charge in [0.05, 0.1) is 0 Å². The maximum absolute atomic E-state index is 11.1. The number of urea groups is 1. The molecule has 4 nitrogen and oxygen atoms in total. The number of carbonyl (C=O) groups excluding carboxylic acids is 1. The Balaban J connectivity index is 3.31. The SMILES string of the molecule is CCN(C)C(=O)NCCCCN. The highest BCUT2D eigenvalue weighted by Crippen LogP contribution is 1.85. The van der Waals surface area contributed by atoms with Gasteiger partial charge in [0.1, 0.15) is 0 Å². The monoisotopic (exact) mass is 173 g/mol. The van der Waals surface area contributed by atoms with Crippen molar-refractivity contribution in [1.82, 2.24) is 10.2 Å². The van der Waals surface area contributed by atoms with Gasteiger partial charge in [-0.3, -0.25) is 0 Å². The van der Waals surface area contributed by atoms with Gasteiger partial charge in [0.2, 0.25) is 0 Å². The summed E-state index contributed by atoms with van der Waals surface area (Å²) < 4.78 is 0. The zero-order chi connectivity index (χ0) is 9.40. The van der Waals surface area contributed by atoms with Crippen molar-refractivity contribution in [3.8, 4) is 0 Å². The predicted octanol–water partition coefficient (Wildman–Crippen LogP) is 0.387. The fourth-order valence-electron chi connectivity index (χ4n) is 0.743. The maximum Gasteiger partial charge on any atom is 0.317 e. The van der Waals surface area contributed by atoms with E-state index >= 15 is 0 Å². The van der Waals surface area contributed by atoms with Crippen molar-refractivity contribution >= 4 is 6.03 Å². The molecular formula is C8H19N3O.